The normalized spacial score (nSPS) is 30.9. The molecule has 0 saturated heterocycles. The topological polar surface area (TPSA) is 63.6 Å². The van der Waals surface area contributed by atoms with Crippen LogP contribution in [0.15, 0.2) is 0 Å². The molecule has 2 fully saturated rings. The fourth-order valence-corrected chi connectivity index (χ4v) is 3.55. The summed E-state index contributed by atoms with van der Waals surface area (Å²) in [5.41, 5.74) is -0.506. The van der Waals surface area contributed by atoms with Gasteiger partial charge in [-0.15, -0.1) is 0 Å². The number of hydrogen-bond acceptors (Lipinski definition) is 3. The lowest BCUT2D eigenvalue weighted by Crippen LogP contribution is -2.47. The zero-order valence-electron chi connectivity index (χ0n) is 10.6. The van der Waals surface area contributed by atoms with Gasteiger partial charge in [-0.25, -0.2) is 0 Å². The summed E-state index contributed by atoms with van der Waals surface area (Å²) >= 11 is 0. The Morgan fingerprint density at radius 3 is 2.15 bits per heavy atom. The first-order valence-electron chi connectivity index (χ1n) is 6.36. The second kappa shape index (κ2) is 4.81. The van der Waals surface area contributed by atoms with E-state index in [0.29, 0.717) is 5.92 Å². The van der Waals surface area contributed by atoms with Crippen LogP contribution in [-0.2, 0) is 14.9 Å². The van der Waals surface area contributed by atoms with Crippen molar-refractivity contribution < 1.29 is 35.3 Å². The van der Waals surface area contributed by atoms with Gasteiger partial charge in [0.2, 0.25) is 0 Å². The van der Waals surface area contributed by atoms with E-state index in [1.807, 2.05) is 0 Å². The van der Waals surface area contributed by atoms with Crippen molar-refractivity contribution in [2.24, 2.45) is 5.92 Å². The molecule has 2 aliphatic carbocycles. The molecule has 9 heteroatoms. The molecule has 0 aliphatic heterocycles. The molecule has 0 aromatic rings. The molecule has 0 aromatic heterocycles. The molecule has 0 heterocycles. The van der Waals surface area contributed by atoms with Gasteiger partial charge in [-0.05, 0) is 38.0 Å². The fourth-order valence-electron chi connectivity index (χ4n) is 3.07. The average molecular weight is 320 g/mol. The van der Waals surface area contributed by atoms with Crippen molar-refractivity contribution in [3.63, 3.8) is 0 Å². The molecule has 0 aromatic carbocycles. The van der Waals surface area contributed by atoms with Gasteiger partial charge in [-0.1, -0.05) is 0 Å². The predicted molar refractivity (Wildman–Crippen MR) is 61.3 cm³/mol. The van der Waals surface area contributed by atoms with Crippen LogP contribution in [0.5, 0.6) is 0 Å². The van der Waals surface area contributed by atoms with Crippen molar-refractivity contribution in [1.82, 2.24) is 0 Å². The predicted octanol–water partition coefficient (Wildman–Crippen LogP) is 2.84. The Balaban J connectivity index is 1.93. The van der Waals surface area contributed by atoms with E-state index < -0.39 is 39.9 Å². The van der Waals surface area contributed by atoms with Crippen molar-refractivity contribution in [2.45, 2.75) is 55.3 Å². The van der Waals surface area contributed by atoms with Gasteiger partial charge in [0.05, 0.1) is 12.2 Å². The lowest BCUT2D eigenvalue weighted by Gasteiger charge is -2.29. The van der Waals surface area contributed by atoms with Crippen molar-refractivity contribution >= 4 is 10.1 Å². The van der Waals surface area contributed by atoms with E-state index in [0.717, 1.165) is 32.1 Å². The molecule has 0 spiro atoms. The molecule has 0 amide bonds. The quantitative estimate of drug-likeness (QED) is 0.604. The van der Waals surface area contributed by atoms with Crippen molar-refractivity contribution in [1.29, 1.82) is 0 Å². The van der Waals surface area contributed by atoms with Gasteiger partial charge >= 0.3 is 21.3 Å². The van der Waals surface area contributed by atoms with Crippen LogP contribution in [0.1, 0.15) is 38.5 Å². The molecule has 2 bridgehead atoms. The molecule has 20 heavy (non-hydrogen) atoms. The third-order valence-electron chi connectivity index (χ3n) is 4.25. The largest absolute Gasteiger partial charge is 0.431 e. The number of ether oxygens (including phenoxy) is 1. The Morgan fingerprint density at radius 2 is 1.75 bits per heavy atom. The van der Waals surface area contributed by atoms with Crippen molar-refractivity contribution in [3.8, 4) is 0 Å². The Kier molecular flexibility index (Phi) is 3.84. The third kappa shape index (κ3) is 2.67. The Bertz CT molecular complexity index is 469. The summed E-state index contributed by atoms with van der Waals surface area (Å²) in [4.78, 5) is 0. The van der Waals surface area contributed by atoms with E-state index in [9.17, 15) is 26.0 Å². The summed E-state index contributed by atoms with van der Waals surface area (Å²) in [6.45, 7) is -0.662. The minimum atomic E-state index is -6.16. The van der Waals surface area contributed by atoms with Crippen LogP contribution in [0, 0.1) is 5.92 Å². The highest BCUT2D eigenvalue weighted by atomic mass is 32.2. The summed E-state index contributed by atoms with van der Waals surface area (Å²) < 4.78 is 86.6. The van der Waals surface area contributed by atoms with Crippen LogP contribution in [0.4, 0.5) is 17.6 Å². The molecule has 2 saturated carbocycles. The van der Waals surface area contributed by atoms with Gasteiger partial charge < -0.3 is 4.74 Å². The molecule has 0 unspecified atom stereocenters. The molecule has 4 nitrogen and oxygen atoms in total. The lowest BCUT2D eigenvalue weighted by atomic mass is 9.97. The Morgan fingerprint density at radius 1 is 1.20 bits per heavy atom. The van der Waals surface area contributed by atoms with E-state index in [1.165, 1.54) is 0 Å². The van der Waals surface area contributed by atoms with Gasteiger partial charge in [0, 0.05) is 6.42 Å². The zero-order valence-corrected chi connectivity index (χ0v) is 11.4. The maximum absolute atomic E-state index is 13.2. The Hall–Kier alpha value is -0.410. The summed E-state index contributed by atoms with van der Waals surface area (Å²) in [7, 11) is -6.16. The second-order valence-corrected chi connectivity index (χ2v) is 7.09. The molecule has 0 radical (unpaired) electrons. The lowest BCUT2D eigenvalue weighted by molar-refractivity contribution is -0.178. The highest BCUT2D eigenvalue weighted by Gasteiger charge is 2.65. The van der Waals surface area contributed by atoms with Crippen LogP contribution in [0.2, 0.25) is 0 Å². The standard InChI is InChI=1S/C11H16F4O4S/c12-10(13,11(14,15)20(16,17)18)5-6-19-9-3-1-8(7-9)2-4-9/h8H,1-7H2,(H,16,17,18). The maximum atomic E-state index is 13.2. The highest BCUT2D eigenvalue weighted by molar-refractivity contribution is 7.87. The summed E-state index contributed by atoms with van der Waals surface area (Å²) in [6.07, 6.45) is 2.62. The number of halogens is 4. The van der Waals surface area contributed by atoms with Gasteiger partial charge in [0.25, 0.3) is 0 Å². The van der Waals surface area contributed by atoms with Crippen molar-refractivity contribution in [3.05, 3.63) is 0 Å². The summed E-state index contributed by atoms with van der Waals surface area (Å²) in [5.74, 6) is -4.36. The van der Waals surface area contributed by atoms with E-state index >= 15 is 0 Å². The summed E-state index contributed by atoms with van der Waals surface area (Å²) in [5, 5.41) is -5.51. The zero-order chi connectivity index (χ0) is 15.2. The van der Waals surface area contributed by atoms with E-state index in [2.05, 4.69) is 0 Å². The van der Waals surface area contributed by atoms with Gasteiger partial charge in [0.1, 0.15) is 0 Å². The van der Waals surface area contributed by atoms with E-state index in [4.69, 9.17) is 9.29 Å². The second-order valence-electron chi connectivity index (χ2n) is 5.63. The van der Waals surface area contributed by atoms with Crippen LogP contribution < -0.4 is 0 Å². The molecular formula is C11H16F4O4S. The van der Waals surface area contributed by atoms with Crippen LogP contribution >= 0.6 is 0 Å². The summed E-state index contributed by atoms with van der Waals surface area (Å²) in [6, 6.07) is 0. The monoisotopic (exact) mass is 320 g/mol. The first-order chi connectivity index (χ1) is 8.99. The number of hydrogen-bond donors (Lipinski definition) is 1. The fraction of sp³-hybridized carbons (Fsp3) is 1.00. The molecule has 118 valence electrons. The Labute approximate surface area is 114 Å². The smallest absolute Gasteiger partial charge is 0.375 e. The molecule has 2 rings (SSSR count). The molecular weight excluding hydrogens is 304 g/mol. The first-order valence-corrected chi connectivity index (χ1v) is 7.80. The maximum Gasteiger partial charge on any atom is 0.431 e. The van der Waals surface area contributed by atoms with Crippen LogP contribution in [0.25, 0.3) is 0 Å². The SMILES string of the molecule is O=S(=O)(O)C(F)(F)C(F)(F)CCOC12CCC(CC1)C2. The van der Waals surface area contributed by atoms with Gasteiger partial charge in [0.15, 0.2) is 0 Å². The van der Waals surface area contributed by atoms with Crippen molar-refractivity contribution in [2.75, 3.05) is 6.61 Å². The van der Waals surface area contributed by atoms with Gasteiger partial charge in [-0.3, -0.25) is 4.55 Å². The van der Waals surface area contributed by atoms with E-state index in [1.54, 1.807) is 0 Å². The number of rotatable bonds is 6. The minimum Gasteiger partial charge on any atom is -0.375 e. The molecule has 2 aliphatic rings. The highest BCUT2D eigenvalue weighted by Crippen LogP contribution is 2.50. The minimum absolute atomic E-state index is 0.506. The molecule has 0 atom stereocenters. The van der Waals surface area contributed by atoms with Crippen LogP contribution in [-0.4, -0.2) is 36.4 Å². The van der Waals surface area contributed by atoms with E-state index in [-0.39, 0.29) is 0 Å². The first kappa shape index (κ1) is 16.0. The molecule has 1 N–H and O–H groups in total. The van der Waals surface area contributed by atoms with Gasteiger partial charge in [-0.2, -0.15) is 26.0 Å². The third-order valence-corrected chi connectivity index (χ3v) is 5.20. The van der Waals surface area contributed by atoms with Crippen LogP contribution in [0.3, 0.4) is 0 Å². The number of fused-ring (bicyclic) bond motifs is 2. The average Bonchev–Trinajstić information content (AvgIpc) is 2.87. The number of alkyl halides is 4.